The van der Waals surface area contributed by atoms with E-state index >= 15 is 0 Å². The number of amides is 2. The quantitative estimate of drug-likeness (QED) is 0.549. The zero-order valence-corrected chi connectivity index (χ0v) is 20.9. The van der Waals surface area contributed by atoms with Crippen LogP contribution in [0.5, 0.6) is 0 Å². The number of primary amides is 1. The Morgan fingerprint density at radius 1 is 1.08 bits per heavy atom. The van der Waals surface area contributed by atoms with Crippen LogP contribution in [0, 0.1) is 17.0 Å². The average Bonchev–Trinajstić information content (AvgIpc) is 3.09. The molecule has 2 bridgehead atoms. The Kier molecular flexibility index (Phi) is 7.76. The third-order valence-corrected chi connectivity index (χ3v) is 7.83. The van der Waals surface area contributed by atoms with Gasteiger partial charge in [-0.1, -0.05) is 18.2 Å². The molecule has 0 unspecified atom stereocenters. The molecular formula is C28H35F2N3O3. The van der Waals surface area contributed by atoms with E-state index in [1.54, 1.807) is 19.9 Å². The molecule has 0 aromatic heterocycles. The fourth-order valence-corrected chi connectivity index (χ4v) is 5.72. The average molecular weight is 500 g/mol. The van der Waals surface area contributed by atoms with Crippen LogP contribution in [0.2, 0.25) is 0 Å². The molecular weight excluding hydrogens is 464 g/mol. The Morgan fingerprint density at radius 2 is 1.69 bits per heavy atom. The summed E-state index contributed by atoms with van der Waals surface area (Å²) in [6, 6.07) is 11.9. The molecule has 2 saturated heterocycles. The van der Waals surface area contributed by atoms with E-state index in [2.05, 4.69) is 4.90 Å². The molecule has 2 fully saturated rings. The molecule has 2 heterocycles. The van der Waals surface area contributed by atoms with Crippen molar-refractivity contribution in [2.75, 3.05) is 19.7 Å². The van der Waals surface area contributed by atoms with Crippen LogP contribution in [0.1, 0.15) is 66.9 Å². The number of rotatable bonds is 9. The minimum absolute atomic E-state index is 0.143. The van der Waals surface area contributed by atoms with E-state index < -0.39 is 23.0 Å². The maximum absolute atomic E-state index is 14.4. The van der Waals surface area contributed by atoms with Gasteiger partial charge in [-0.2, -0.15) is 0 Å². The van der Waals surface area contributed by atoms with Crippen molar-refractivity contribution in [1.29, 1.82) is 0 Å². The normalized spacial score (nSPS) is 22.0. The molecule has 194 valence electrons. The monoisotopic (exact) mass is 499 g/mol. The van der Waals surface area contributed by atoms with Gasteiger partial charge in [0, 0.05) is 36.3 Å². The van der Waals surface area contributed by atoms with Crippen LogP contribution in [0.25, 0.3) is 0 Å². The third-order valence-electron chi connectivity index (χ3n) is 7.83. The smallest absolute Gasteiger partial charge is 0.248 e. The Bertz CT molecular complexity index is 1090. The number of aliphatic hydroxyl groups is 1. The third kappa shape index (κ3) is 5.44. The van der Waals surface area contributed by atoms with Crippen LogP contribution in [-0.4, -0.2) is 58.5 Å². The van der Waals surface area contributed by atoms with Gasteiger partial charge in [-0.3, -0.25) is 14.5 Å². The molecule has 0 radical (unpaired) electrons. The molecule has 8 heteroatoms. The molecule has 2 aliphatic heterocycles. The van der Waals surface area contributed by atoms with Gasteiger partial charge in [0.15, 0.2) is 0 Å². The topological polar surface area (TPSA) is 86.9 Å². The molecule has 2 aliphatic rings. The molecule has 4 rings (SSSR count). The van der Waals surface area contributed by atoms with Gasteiger partial charge in [-0.15, -0.1) is 0 Å². The van der Waals surface area contributed by atoms with E-state index in [1.807, 2.05) is 18.2 Å². The predicted octanol–water partition coefficient (Wildman–Crippen LogP) is 3.82. The van der Waals surface area contributed by atoms with Crippen molar-refractivity contribution in [3.63, 3.8) is 0 Å². The summed E-state index contributed by atoms with van der Waals surface area (Å²) < 4.78 is 28.8. The molecule has 0 saturated carbocycles. The first-order valence-electron chi connectivity index (χ1n) is 12.6. The highest BCUT2D eigenvalue weighted by Gasteiger charge is 2.41. The number of piperidine rings is 1. The standard InChI is InChI=1S/C28H35F2N3O3/c1-28(2,17-34)27(36)32(16-23-24(29)7-4-8-25(23)30)11-12-33-21-9-10-22(33)15-20(14-21)18-5-3-6-19(13-18)26(31)35/h3-8,13,20-22,34H,9-12,14-17H2,1-2H3,(H2,31,35)/t20-,21+,22-. The number of aliphatic hydroxyl groups excluding tert-OH is 1. The van der Waals surface area contributed by atoms with Gasteiger partial charge in [0.2, 0.25) is 11.8 Å². The summed E-state index contributed by atoms with van der Waals surface area (Å²) in [7, 11) is 0. The van der Waals surface area contributed by atoms with E-state index in [0.29, 0.717) is 36.7 Å². The lowest BCUT2D eigenvalue weighted by Crippen LogP contribution is -2.49. The van der Waals surface area contributed by atoms with Crippen molar-refractivity contribution in [3.05, 3.63) is 70.8 Å². The lowest BCUT2D eigenvalue weighted by molar-refractivity contribution is -0.143. The van der Waals surface area contributed by atoms with Crippen molar-refractivity contribution in [2.45, 2.75) is 64.1 Å². The summed E-state index contributed by atoms with van der Waals surface area (Å²) in [6.07, 6.45) is 3.98. The Morgan fingerprint density at radius 3 is 2.28 bits per heavy atom. The number of nitrogens with zero attached hydrogens (tertiary/aromatic N) is 2. The molecule has 2 amide bonds. The highest BCUT2D eigenvalue weighted by atomic mass is 19.1. The van der Waals surface area contributed by atoms with Crippen LogP contribution in [-0.2, 0) is 11.3 Å². The van der Waals surface area contributed by atoms with E-state index in [-0.39, 0.29) is 24.6 Å². The fourth-order valence-electron chi connectivity index (χ4n) is 5.72. The number of carbonyl (C=O) groups excluding carboxylic acids is 2. The maximum atomic E-state index is 14.4. The second kappa shape index (κ2) is 10.6. The van der Waals surface area contributed by atoms with Gasteiger partial charge >= 0.3 is 0 Å². The van der Waals surface area contributed by atoms with Crippen LogP contribution in [0.3, 0.4) is 0 Å². The van der Waals surface area contributed by atoms with E-state index in [0.717, 1.165) is 31.2 Å². The molecule has 2 aromatic rings. The summed E-state index contributed by atoms with van der Waals surface area (Å²) in [5.74, 6) is -1.81. The summed E-state index contributed by atoms with van der Waals surface area (Å²) in [5, 5.41) is 9.76. The first-order valence-corrected chi connectivity index (χ1v) is 12.6. The second-order valence-electron chi connectivity index (χ2n) is 10.7. The summed E-state index contributed by atoms with van der Waals surface area (Å²) >= 11 is 0. The van der Waals surface area contributed by atoms with Crippen molar-refractivity contribution >= 4 is 11.8 Å². The fraction of sp³-hybridized carbons (Fsp3) is 0.500. The SMILES string of the molecule is CC(C)(CO)C(=O)N(CCN1[C@@H]2CC[C@H]1C[C@@H](c1cccc(C(N)=O)c1)C2)Cc1c(F)cccc1F. The van der Waals surface area contributed by atoms with Gasteiger partial charge < -0.3 is 15.7 Å². The summed E-state index contributed by atoms with van der Waals surface area (Å²) in [4.78, 5) is 28.8. The number of benzene rings is 2. The van der Waals surface area contributed by atoms with Crippen LogP contribution in [0.15, 0.2) is 42.5 Å². The van der Waals surface area contributed by atoms with Gasteiger partial charge in [-0.25, -0.2) is 8.78 Å². The highest BCUT2D eigenvalue weighted by molar-refractivity contribution is 5.92. The highest BCUT2D eigenvalue weighted by Crippen LogP contribution is 2.43. The zero-order chi connectivity index (χ0) is 26.0. The van der Waals surface area contributed by atoms with Crippen molar-refractivity contribution in [3.8, 4) is 0 Å². The number of halogens is 2. The molecule has 0 spiro atoms. The van der Waals surface area contributed by atoms with Crippen LogP contribution >= 0.6 is 0 Å². The van der Waals surface area contributed by atoms with Gasteiger partial charge in [0.25, 0.3) is 0 Å². The minimum Gasteiger partial charge on any atom is -0.395 e. The largest absolute Gasteiger partial charge is 0.395 e. The summed E-state index contributed by atoms with van der Waals surface area (Å²) in [6.45, 7) is 3.62. The molecule has 36 heavy (non-hydrogen) atoms. The van der Waals surface area contributed by atoms with Gasteiger partial charge in [0.1, 0.15) is 11.6 Å². The van der Waals surface area contributed by atoms with Gasteiger partial charge in [-0.05, 0) is 75.3 Å². The van der Waals surface area contributed by atoms with Crippen LogP contribution < -0.4 is 5.73 Å². The molecule has 3 atom stereocenters. The van der Waals surface area contributed by atoms with Crippen LogP contribution in [0.4, 0.5) is 8.78 Å². The zero-order valence-electron chi connectivity index (χ0n) is 20.9. The Labute approximate surface area is 211 Å². The lowest BCUT2D eigenvalue weighted by atomic mass is 9.84. The molecule has 6 nitrogen and oxygen atoms in total. The van der Waals surface area contributed by atoms with E-state index in [1.165, 1.54) is 23.1 Å². The van der Waals surface area contributed by atoms with Crippen molar-refractivity contribution in [1.82, 2.24) is 9.80 Å². The molecule has 2 aromatic carbocycles. The minimum atomic E-state index is -1.06. The lowest BCUT2D eigenvalue weighted by Gasteiger charge is -2.41. The first-order chi connectivity index (χ1) is 17.1. The van der Waals surface area contributed by atoms with E-state index in [4.69, 9.17) is 5.73 Å². The summed E-state index contributed by atoms with van der Waals surface area (Å²) in [5.41, 5.74) is 5.91. The number of nitrogens with two attached hydrogens (primary N) is 1. The second-order valence-corrected chi connectivity index (χ2v) is 10.7. The number of fused-ring (bicyclic) bond motifs is 2. The van der Waals surface area contributed by atoms with Gasteiger partial charge in [0.05, 0.1) is 18.6 Å². The number of carbonyl (C=O) groups is 2. The maximum Gasteiger partial charge on any atom is 0.248 e. The Balaban J connectivity index is 1.48. The van der Waals surface area contributed by atoms with Crippen molar-refractivity contribution in [2.24, 2.45) is 11.1 Å². The Hall–Kier alpha value is -2.84. The number of hydrogen-bond donors (Lipinski definition) is 2. The number of hydrogen-bond acceptors (Lipinski definition) is 4. The molecule has 0 aliphatic carbocycles. The molecule has 3 N–H and O–H groups in total. The van der Waals surface area contributed by atoms with E-state index in [9.17, 15) is 23.5 Å². The van der Waals surface area contributed by atoms with Crippen molar-refractivity contribution < 1.29 is 23.5 Å². The predicted molar refractivity (Wildman–Crippen MR) is 133 cm³/mol. The first kappa shape index (κ1) is 26.2.